The van der Waals surface area contributed by atoms with Crippen LogP contribution < -0.4 is 9.47 Å². The van der Waals surface area contributed by atoms with Crippen LogP contribution in [0.4, 0.5) is 13.2 Å². The lowest BCUT2D eigenvalue weighted by Gasteiger charge is -2.23. The van der Waals surface area contributed by atoms with Gasteiger partial charge in [-0.15, -0.1) is 0 Å². The van der Waals surface area contributed by atoms with Gasteiger partial charge in [0, 0.05) is 31.7 Å². The maximum Gasteiger partial charge on any atom is 0.401 e. The lowest BCUT2D eigenvalue weighted by molar-refractivity contribution is -0.145. The third-order valence-corrected chi connectivity index (χ3v) is 4.07. The molecule has 1 amide bonds. The molecule has 26 heavy (non-hydrogen) atoms. The van der Waals surface area contributed by atoms with E-state index in [1.54, 1.807) is 23.1 Å². The molecule has 0 aliphatic carbocycles. The van der Waals surface area contributed by atoms with Gasteiger partial charge in [-0.3, -0.25) is 9.69 Å². The van der Waals surface area contributed by atoms with E-state index in [9.17, 15) is 18.0 Å². The van der Waals surface area contributed by atoms with Crippen LogP contribution in [0.25, 0.3) is 0 Å². The Labute approximate surface area is 151 Å². The fraction of sp³-hybridized carbons (Fsp3) is 0.611. The minimum absolute atomic E-state index is 0.206. The van der Waals surface area contributed by atoms with Crippen molar-refractivity contribution in [1.82, 2.24) is 9.80 Å². The quantitative estimate of drug-likeness (QED) is 0.767. The van der Waals surface area contributed by atoms with Crippen LogP contribution in [0.3, 0.4) is 0 Å². The van der Waals surface area contributed by atoms with E-state index >= 15 is 0 Å². The Morgan fingerprint density at radius 1 is 1.04 bits per heavy atom. The van der Waals surface area contributed by atoms with Crippen LogP contribution in [-0.2, 0) is 0 Å². The second-order valence-electron chi connectivity index (χ2n) is 6.06. The summed E-state index contributed by atoms with van der Waals surface area (Å²) >= 11 is 0. The number of rotatable bonds is 6. The van der Waals surface area contributed by atoms with Crippen LogP contribution in [0.5, 0.6) is 11.5 Å². The van der Waals surface area contributed by atoms with Gasteiger partial charge in [0.25, 0.3) is 5.91 Å². The van der Waals surface area contributed by atoms with Crippen molar-refractivity contribution in [3.8, 4) is 11.5 Å². The van der Waals surface area contributed by atoms with Crippen molar-refractivity contribution in [3.63, 3.8) is 0 Å². The SMILES string of the molecule is CCOc1ccc(C(=O)N2CCCN(CC(F)(F)F)CC2)cc1OCC. The summed E-state index contributed by atoms with van der Waals surface area (Å²) in [5.41, 5.74) is 0.446. The summed E-state index contributed by atoms with van der Waals surface area (Å²) in [7, 11) is 0. The molecule has 1 heterocycles. The van der Waals surface area contributed by atoms with Gasteiger partial charge in [-0.2, -0.15) is 13.2 Å². The normalized spacial score (nSPS) is 16.3. The molecular formula is C18H25F3N2O3. The number of halogens is 3. The molecule has 0 atom stereocenters. The van der Waals surface area contributed by atoms with E-state index in [4.69, 9.17) is 9.47 Å². The number of hydrogen-bond acceptors (Lipinski definition) is 4. The lowest BCUT2D eigenvalue weighted by Crippen LogP contribution is -2.38. The number of hydrogen-bond donors (Lipinski definition) is 0. The van der Waals surface area contributed by atoms with Crippen molar-refractivity contribution in [2.45, 2.75) is 26.4 Å². The zero-order valence-electron chi connectivity index (χ0n) is 15.1. The topological polar surface area (TPSA) is 42.0 Å². The van der Waals surface area contributed by atoms with Gasteiger partial charge in [-0.25, -0.2) is 0 Å². The van der Waals surface area contributed by atoms with E-state index in [2.05, 4.69) is 0 Å². The minimum atomic E-state index is -4.22. The van der Waals surface area contributed by atoms with Gasteiger partial charge in [0.1, 0.15) is 0 Å². The van der Waals surface area contributed by atoms with Gasteiger partial charge < -0.3 is 14.4 Å². The molecule has 0 radical (unpaired) electrons. The van der Waals surface area contributed by atoms with Crippen molar-refractivity contribution < 1.29 is 27.4 Å². The summed E-state index contributed by atoms with van der Waals surface area (Å²) in [5, 5.41) is 0. The Kier molecular flexibility index (Phi) is 7.14. The molecule has 1 aliphatic heterocycles. The molecule has 0 unspecified atom stereocenters. The second-order valence-corrected chi connectivity index (χ2v) is 6.06. The molecule has 146 valence electrons. The average molecular weight is 374 g/mol. The number of carbonyl (C=O) groups excluding carboxylic acids is 1. The van der Waals surface area contributed by atoms with Crippen molar-refractivity contribution in [2.24, 2.45) is 0 Å². The van der Waals surface area contributed by atoms with Crippen LogP contribution in [0.2, 0.25) is 0 Å². The summed E-state index contributed by atoms with van der Waals surface area (Å²) in [4.78, 5) is 15.7. The summed E-state index contributed by atoms with van der Waals surface area (Å²) in [6.07, 6.45) is -3.71. The molecule has 1 aromatic carbocycles. The number of carbonyl (C=O) groups is 1. The van der Waals surface area contributed by atoms with Crippen LogP contribution in [-0.4, -0.2) is 67.8 Å². The van der Waals surface area contributed by atoms with E-state index in [0.717, 1.165) is 0 Å². The highest BCUT2D eigenvalue weighted by Crippen LogP contribution is 2.29. The van der Waals surface area contributed by atoms with E-state index in [1.807, 2.05) is 13.8 Å². The zero-order valence-corrected chi connectivity index (χ0v) is 15.1. The highest BCUT2D eigenvalue weighted by Gasteiger charge is 2.32. The van der Waals surface area contributed by atoms with Crippen molar-refractivity contribution in [2.75, 3.05) is 45.9 Å². The van der Waals surface area contributed by atoms with E-state index < -0.39 is 12.7 Å². The Balaban J connectivity index is 2.07. The van der Waals surface area contributed by atoms with Crippen LogP contribution in [0.15, 0.2) is 18.2 Å². The van der Waals surface area contributed by atoms with Gasteiger partial charge in [0.05, 0.1) is 19.8 Å². The molecule has 0 aromatic heterocycles. The van der Waals surface area contributed by atoms with Gasteiger partial charge >= 0.3 is 6.18 Å². The van der Waals surface area contributed by atoms with Crippen molar-refractivity contribution in [3.05, 3.63) is 23.8 Å². The number of ether oxygens (including phenoxy) is 2. The predicted molar refractivity (Wildman–Crippen MR) is 91.8 cm³/mol. The van der Waals surface area contributed by atoms with Crippen LogP contribution in [0.1, 0.15) is 30.6 Å². The van der Waals surface area contributed by atoms with Gasteiger partial charge in [-0.1, -0.05) is 0 Å². The smallest absolute Gasteiger partial charge is 0.401 e. The highest BCUT2D eigenvalue weighted by atomic mass is 19.4. The van der Waals surface area contributed by atoms with Crippen LogP contribution >= 0.6 is 0 Å². The molecule has 2 rings (SSSR count). The molecule has 0 N–H and O–H groups in total. The van der Waals surface area contributed by atoms with Gasteiger partial charge in [-0.05, 0) is 38.5 Å². The zero-order chi connectivity index (χ0) is 19.2. The van der Waals surface area contributed by atoms with E-state index in [-0.39, 0.29) is 19.0 Å². The fourth-order valence-electron chi connectivity index (χ4n) is 2.95. The summed E-state index contributed by atoms with van der Waals surface area (Å²) < 4.78 is 48.7. The molecule has 1 fully saturated rings. The molecule has 0 spiro atoms. The first kappa shape index (κ1) is 20.4. The summed E-state index contributed by atoms with van der Waals surface area (Å²) in [5.74, 6) is 0.856. The number of nitrogens with zero attached hydrogens (tertiary/aromatic N) is 2. The molecule has 8 heteroatoms. The molecule has 0 saturated carbocycles. The second kappa shape index (κ2) is 9.12. The first-order valence-corrected chi connectivity index (χ1v) is 8.82. The fourth-order valence-corrected chi connectivity index (χ4v) is 2.95. The average Bonchev–Trinajstić information content (AvgIpc) is 2.80. The monoisotopic (exact) mass is 374 g/mol. The molecular weight excluding hydrogens is 349 g/mol. The standard InChI is InChI=1S/C18H25F3N2O3/c1-3-25-15-7-6-14(12-16(15)26-4-2)17(24)23-9-5-8-22(10-11-23)13-18(19,20)21/h6-7,12H,3-5,8-11,13H2,1-2H3. The van der Waals surface area contributed by atoms with Crippen molar-refractivity contribution >= 4 is 5.91 Å². The Morgan fingerprint density at radius 3 is 2.38 bits per heavy atom. The van der Waals surface area contributed by atoms with E-state index in [1.165, 1.54) is 4.90 Å². The van der Waals surface area contributed by atoms with Crippen LogP contribution in [0, 0.1) is 0 Å². The first-order chi connectivity index (χ1) is 12.3. The maximum atomic E-state index is 12.8. The third-order valence-electron chi connectivity index (χ3n) is 4.07. The van der Waals surface area contributed by atoms with Crippen molar-refractivity contribution in [1.29, 1.82) is 0 Å². The number of benzene rings is 1. The Hall–Kier alpha value is -1.96. The highest BCUT2D eigenvalue weighted by molar-refractivity contribution is 5.95. The third kappa shape index (κ3) is 5.79. The summed E-state index contributed by atoms with van der Waals surface area (Å²) in [6.45, 7) is 4.93. The summed E-state index contributed by atoms with van der Waals surface area (Å²) in [6, 6.07) is 4.99. The Bertz CT molecular complexity index is 608. The predicted octanol–water partition coefficient (Wildman–Crippen LogP) is 3.19. The first-order valence-electron chi connectivity index (χ1n) is 8.82. The molecule has 1 aliphatic rings. The molecule has 1 saturated heterocycles. The maximum absolute atomic E-state index is 12.8. The van der Waals surface area contributed by atoms with Gasteiger partial charge in [0.2, 0.25) is 0 Å². The Morgan fingerprint density at radius 2 is 1.73 bits per heavy atom. The number of alkyl halides is 3. The number of amides is 1. The largest absolute Gasteiger partial charge is 0.490 e. The molecule has 1 aromatic rings. The molecule has 0 bridgehead atoms. The van der Waals surface area contributed by atoms with Gasteiger partial charge in [0.15, 0.2) is 11.5 Å². The lowest BCUT2D eigenvalue weighted by atomic mass is 10.1. The molecule has 5 nitrogen and oxygen atoms in total. The minimum Gasteiger partial charge on any atom is -0.490 e. The van der Waals surface area contributed by atoms with E-state index in [0.29, 0.717) is 49.8 Å².